The second-order valence-corrected chi connectivity index (χ2v) is 4.83. The van der Waals surface area contributed by atoms with E-state index in [0.717, 1.165) is 18.4 Å². The summed E-state index contributed by atoms with van der Waals surface area (Å²) in [7, 11) is 0. The van der Waals surface area contributed by atoms with Crippen molar-refractivity contribution < 1.29 is 9.18 Å². The molecule has 0 radical (unpaired) electrons. The highest BCUT2D eigenvalue weighted by molar-refractivity contribution is 5.81. The van der Waals surface area contributed by atoms with Crippen LogP contribution in [0.2, 0.25) is 0 Å². The molecule has 1 aromatic rings. The Balaban J connectivity index is 1.89. The van der Waals surface area contributed by atoms with Crippen molar-refractivity contribution in [2.75, 3.05) is 0 Å². The monoisotopic (exact) mass is 251 g/mol. The average molecular weight is 251 g/mol. The Kier molecular flexibility index (Phi) is 3.91. The Morgan fingerprint density at radius 3 is 2.78 bits per heavy atom. The molecule has 1 fully saturated rings. The maximum Gasteiger partial charge on any atom is 0.237 e. The molecule has 1 aliphatic carbocycles. The molecule has 1 aromatic heterocycles. The van der Waals surface area contributed by atoms with Crippen molar-refractivity contribution in [2.24, 2.45) is 0 Å². The fourth-order valence-corrected chi connectivity index (χ4v) is 1.77. The van der Waals surface area contributed by atoms with Gasteiger partial charge in [-0.1, -0.05) is 0 Å². The van der Waals surface area contributed by atoms with Crippen LogP contribution in [-0.2, 0) is 4.79 Å². The first-order valence-electron chi connectivity index (χ1n) is 6.23. The topological polar surface area (TPSA) is 54.0 Å². The minimum absolute atomic E-state index is 0.00582. The molecule has 0 aromatic carbocycles. The van der Waals surface area contributed by atoms with Crippen LogP contribution >= 0.6 is 0 Å². The predicted octanol–water partition coefficient (Wildman–Crippen LogP) is 1.54. The Labute approximate surface area is 106 Å². The molecule has 0 aliphatic heterocycles. The van der Waals surface area contributed by atoms with E-state index in [0.29, 0.717) is 6.04 Å². The first kappa shape index (κ1) is 13.0. The molecule has 1 heterocycles. The van der Waals surface area contributed by atoms with Gasteiger partial charge in [-0.2, -0.15) is 0 Å². The molecule has 18 heavy (non-hydrogen) atoms. The first-order valence-corrected chi connectivity index (χ1v) is 6.23. The summed E-state index contributed by atoms with van der Waals surface area (Å²) in [6.45, 7) is 3.69. The molecule has 2 rings (SSSR count). The number of nitrogens with zero attached hydrogens (tertiary/aromatic N) is 1. The Morgan fingerprint density at radius 2 is 2.17 bits per heavy atom. The lowest BCUT2D eigenvalue weighted by atomic mass is 10.1. The van der Waals surface area contributed by atoms with Gasteiger partial charge >= 0.3 is 0 Å². The standard InChI is InChI=1S/C13H18FN3O/c1-8(10-5-11(14)7-15-6-10)16-9(2)13(18)17-12-3-4-12/h5-9,12,16H,3-4H2,1-2H3,(H,17,18). The van der Waals surface area contributed by atoms with Gasteiger partial charge in [0, 0.05) is 18.3 Å². The molecule has 1 saturated carbocycles. The molecule has 2 N–H and O–H groups in total. The number of nitrogens with one attached hydrogen (secondary N) is 2. The van der Waals surface area contributed by atoms with E-state index >= 15 is 0 Å². The SMILES string of the molecule is CC(NC(C)c1cncc(F)c1)C(=O)NC1CC1. The van der Waals surface area contributed by atoms with Crippen LogP contribution in [0.4, 0.5) is 4.39 Å². The number of amides is 1. The lowest BCUT2D eigenvalue weighted by Crippen LogP contribution is -2.43. The first-order chi connectivity index (χ1) is 8.56. The third kappa shape index (κ3) is 3.50. The summed E-state index contributed by atoms with van der Waals surface area (Å²) in [5.41, 5.74) is 0.737. The van der Waals surface area contributed by atoms with Gasteiger partial charge in [-0.25, -0.2) is 4.39 Å². The van der Waals surface area contributed by atoms with Gasteiger partial charge in [0.05, 0.1) is 12.2 Å². The van der Waals surface area contributed by atoms with Crippen LogP contribution in [0.25, 0.3) is 0 Å². The number of rotatable bonds is 5. The zero-order valence-corrected chi connectivity index (χ0v) is 10.6. The third-order valence-electron chi connectivity index (χ3n) is 3.04. The highest BCUT2D eigenvalue weighted by Gasteiger charge is 2.26. The number of hydrogen-bond donors (Lipinski definition) is 2. The largest absolute Gasteiger partial charge is 0.352 e. The average Bonchev–Trinajstić information content (AvgIpc) is 3.12. The second kappa shape index (κ2) is 5.44. The van der Waals surface area contributed by atoms with E-state index in [2.05, 4.69) is 15.6 Å². The van der Waals surface area contributed by atoms with Gasteiger partial charge in [0.25, 0.3) is 0 Å². The van der Waals surface area contributed by atoms with E-state index in [1.165, 1.54) is 12.3 Å². The van der Waals surface area contributed by atoms with E-state index in [1.807, 2.05) is 6.92 Å². The molecule has 0 bridgehead atoms. The smallest absolute Gasteiger partial charge is 0.237 e. The van der Waals surface area contributed by atoms with Crippen molar-refractivity contribution in [3.8, 4) is 0 Å². The third-order valence-corrected chi connectivity index (χ3v) is 3.04. The van der Waals surface area contributed by atoms with Crippen LogP contribution < -0.4 is 10.6 Å². The van der Waals surface area contributed by atoms with Crippen LogP contribution in [0, 0.1) is 5.82 Å². The summed E-state index contributed by atoms with van der Waals surface area (Å²) in [4.78, 5) is 15.6. The normalized spacial score (nSPS) is 18.2. The summed E-state index contributed by atoms with van der Waals surface area (Å²) in [6.07, 6.45) is 4.91. The molecule has 2 atom stereocenters. The van der Waals surface area contributed by atoms with E-state index in [9.17, 15) is 9.18 Å². The van der Waals surface area contributed by atoms with E-state index < -0.39 is 0 Å². The number of carbonyl (C=O) groups is 1. The van der Waals surface area contributed by atoms with E-state index in [-0.39, 0.29) is 23.8 Å². The maximum atomic E-state index is 13.0. The Bertz CT molecular complexity index is 434. The number of pyridine rings is 1. The molecule has 1 aliphatic rings. The molecule has 5 heteroatoms. The maximum absolute atomic E-state index is 13.0. The van der Waals surface area contributed by atoms with Gasteiger partial charge in [-0.05, 0) is 38.3 Å². The molecular formula is C13H18FN3O. The zero-order valence-electron chi connectivity index (χ0n) is 10.6. The summed E-state index contributed by atoms with van der Waals surface area (Å²) in [6, 6.07) is 1.36. The van der Waals surface area contributed by atoms with E-state index in [1.54, 1.807) is 13.1 Å². The van der Waals surface area contributed by atoms with Gasteiger partial charge in [-0.3, -0.25) is 15.1 Å². The number of aromatic nitrogens is 1. The highest BCUT2D eigenvalue weighted by Crippen LogP contribution is 2.19. The quantitative estimate of drug-likeness (QED) is 0.834. The lowest BCUT2D eigenvalue weighted by Gasteiger charge is -2.19. The number of carbonyl (C=O) groups excluding carboxylic acids is 1. The van der Waals surface area contributed by atoms with Gasteiger partial charge in [0.1, 0.15) is 5.82 Å². The van der Waals surface area contributed by atoms with Crippen LogP contribution in [0.15, 0.2) is 18.5 Å². The Morgan fingerprint density at radius 1 is 1.44 bits per heavy atom. The fourth-order valence-electron chi connectivity index (χ4n) is 1.77. The molecule has 98 valence electrons. The number of hydrogen-bond acceptors (Lipinski definition) is 3. The van der Waals surface area contributed by atoms with Crippen LogP contribution in [0.5, 0.6) is 0 Å². The van der Waals surface area contributed by atoms with E-state index in [4.69, 9.17) is 0 Å². The van der Waals surface area contributed by atoms with Gasteiger partial charge in [-0.15, -0.1) is 0 Å². The molecule has 4 nitrogen and oxygen atoms in total. The zero-order chi connectivity index (χ0) is 13.1. The van der Waals surface area contributed by atoms with Crippen molar-refractivity contribution in [3.05, 3.63) is 29.8 Å². The summed E-state index contributed by atoms with van der Waals surface area (Å²) in [5.74, 6) is -0.370. The number of halogens is 1. The van der Waals surface area contributed by atoms with Crippen molar-refractivity contribution >= 4 is 5.91 Å². The summed E-state index contributed by atoms with van der Waals surface area (Å²) in [5, 5.41) is 6.07. The van der Waals surface area contributed by atoms with Crippen LogP contribution in [0.3, 0.4) is 0 Å². The fraction of sp³-hybridized carbons (Fsp3) is 0.538. The van der Waals surface area contributed by atoms with Crippen molar-refractivity contribution in [2.45, 2.75) is 44.8 Å². The van der Waals surface area contributed by atoms with Gasteiger partial charge in [0.15, 0.2) is 0 Å². The molecule has 1 amide bonds. The molecule has 0 saturated heterocycles. The minimum atomic E-state index is -0.365. The summed E-state index contributed by atoms with van der Waals surface area (Å²) >= 11 is 0. The molecular weight excluding hydrogens is 233 g/mol. The predicted molar refractivity (Wildman–Crippen MR) is 66.4 cm³/mol. The Hall–Kier alpha value is -1.49. The highest BCUT2D eigenvalue weighted by atomic mass is 19.1. The molecule has 2 unspecified atom stereocenters. The van der Waals surface area contributed by atoms with Crippen molar-refractivity contribution in [1.29, 1.82) is 0 Å². The minimum Gasteiger partial charge on any atom is -0.352 e. The van der Waals surface area contributed by atoms with Gasteiger partial charge < -0.3 is 5.32 Å². The molecule has 0 spiro atoms. The van der Waals surface area contributed by atoms with Gasteiger partial charge in [0.2, 0.25) is 5.91 Å². The van der Waals surface area contributed by atoms with Crippen molar-refractivity contribution in [3.63, 3.8) is 0 Å². The summed E-state index contributed by atoms with van der Waals surface area (Å²) < 4.78 is 13.0. The van der Waals surface area contributed by atoms with Crippen LogP contribution in [-0.4, -0.2) is 23.0 Å². The lowest BCUT2D eigenvalue weighted by molar-refractivity contribution is -0.123. The van der Waals surface area contributed by atoms with Crippen LogP contribution in [0.1, 0.15) is 38.3 Å². The van der Waals surface area contributed by atoms with Crippen molar-refractivity contribution in [1.82, 2.24) is 15.6 Å². The second-order valence-electron chi connectivity index (χ2n) is 4.83.